The summed E-state index contributed by atoms with van der Waals surface area (Å²) in [7, 11) is 0. The summed E-state index contributed by atoms with van der Waals surface area (Å²) in [6.07, 6.45) is 7.29. The molecule has 176 valence electrons. The molecule has 2 unspecified atom stereocenters. The summed E-state index contributed by atoms with van der Waals surface area (Å²) in [6, 6.07) is 8.89. The molecule has 1 aliphatic rings. The third-order valence-corrected chi connectivity index (χ3v) is 5.18. The van der Waals surface area contributed by atoms with Crippen molar-refractivity contribution in [2.24, 2.45) is 0 Å². The topological polar surface area (TPSA) is 87.7 Å². The summed E-state index contributed by atoms with van der Waals surface area (Å²) in [4.78, 5) is 39.1. The van der Waals surface area contributed by atoms with Crippen molar-refractivity contribution < 1.29 is 19.1 Å². The summed E-state index contributed by atoms with van der Waals surface area (Å²) in [6.45, 7) is 8.46. The fourth-order valence-electron chi connectivity index (χ4n) is 3.46. The number of rotatable bonds is 8. The molecule has 7 heteroatoms. The van der Waals surface area contributed by atoms with Gasteiger partial charge < -0.3 is 20.3 Å². The molecule has 1 fully saturated rings. The van der Waals surface area contributed by atoms with Crippen LogP contribution in [0.25, 0.3) is 0 Å². The number of benzene rings is 1. The maximum absolute atomic E-state index is 12.7. The Bertz CT molecular complexity index is 780. The Hall–Kier alpha value is -2.83. The summed E-state index contributed by atoms with van der Waals surface area (Å²) in [5.74, 6) is -0.354. The molecule has 0 aromatic heterocycles. The minimum Gasteiger partial charge on any atom is -0.444 e. The highest BCUT2D eigenvalue weighted by molar-refractivity contribution is 5.88. The molecule has 7 nitrogen and oxygen atoms in total. The Labute approximate surface area is 191 Å². The molecule has 1 aliphatic heterocycles. The Kier molecular flexibility index (Phi) is 9.75. The van der Waals surface area contributed by atoms with Crippen LogP contribution in [0.5, 0.6) is 0 Å². The lowest BCUT2D eigenvalue weighted by atomic mass is 10.0. The number of piperidine rings is 1. The van der Waals surface area contributed by atoms with Gasteiger partial charge in [0.1, 0.15) is 11.6 Å². The highest BCUT2D eigenvalue weighted by atomic mass is 16.6. The van der Waals surface area contributed by atoms with Gasteiger partial charge in [-0.3, -0.25) is 9.59 Å². The van der Waals surface area contributed by atoms with Crippen molar-refractivity contribution in [2.75, 3.05) is 13.1 Å². The van der Waals surface area contributed by atoms with Gasteiger partial charge in [0.25, 0.3) is 0 Å². The van der Waals surface area contributed by atoms with Crippen molar-refractivity contribution in [3.63, 3.8) is 0 Å². The van der Waals surface area contributed by atoms with Crippen LogP contribution in [-0.2, 0) is 20.7 Å². The van der Waals surface area contributed by atoms with Crippen LogP contribution in [0, 0.1) is 0 Å². The second kappa shape index (κ2) is 12.3. The smallest absolute Gasteiger partial charge is 0.408 e. The van der Waals surface area contributed by atoms with Gasteiger partial charge in [-0.2, -0.15) is 0 Å². The summed E-state index contributed by atoms with van der Waals surface area (Å²) >= 11 is 0. The number of likely N-dealkylation sites (tertiary alicyclic amines) is 1. The zero-order chi connectivity index (χ0) is 23.6. The van der Waals surface area contributed by atoms with Gasteiger partial charge in [0.2, 0.25) is 11.8 Å². The van der Waals surface area contributed by atoms with E-state index < -0.39 is 17.7 Å². The Morgan fingerprint density at radius 3 is 2.34 bits per heavy atom. The molecule has 3 amide bonds. The quantitative estimate of drug-likeness (QED) is 0.601. The molecule has 1 saturated heterocycles. The number of carbonyl (C=O) groups is 3. The summed E-state index contributed by atoms with van der Waals surface area (Å²) in [5.41, 5.74) is 0.512. The van der Waals surface area contributed by atoms with Crippen molar-refractivity contribution in [3.05, 3.63) is 48.0 Å². The highest BCUT2D eigenvalue weighted by Crippen LogP contribution is 2.11. The van der Waals surface area contributed by atoms with E-state index in [-0.39, 0.29) is 17.9 Å². The average molecular weight is 444 g/mol. The molecule has 1 aromatic carbocycles. The predicted octanol–water partition coefficient (Wildman–Crippen LogP) is 3.59. The van der Waals surface area contributed by atoms with E-state index in [0.29, 0.717) is 6.42 Å². The molecule has 32 heavy (non-hydrogen) atoms. The molecular formula is C25H37N3O4. The van der Waals surface area contributed by atoms with E-state index in [9.17, 15) is 14.4 Å². The molecule has 0 spiro atoms. The van der Waals surface area contributed by atoms with Gasteiger partial charge in [0, 0.05) is 25.2 Å². The molecule has 2 N–H and O–H groups in total. The van der Waals surface area contributed by atoms with Crippen molar-refractivity contribution in [1.82, 2.24) is 15.5 Å². The van der Waals surface area contributed by atoms with Gasteiger partial charge in [0.05, 0.1) is 0 Å². The first-order chi connectivity index (χ1) is 15.1. The molecule has 2 atom stereocenters. The van der Waals surface area contributed by atoms with Gasteiger partial charge in [0.15, 0.2) is 0 Å². The normalized spacial score (nSPS) is 16.3. The van der Waals surface area contributed by atoms with Gasteiger partial charge in [-0.05, 0) is 65.4 Å². The van der Waals surface area contributed by atoms with Crippen LogP contribution in [-0.4, -0.2) is 53.6 Å². The number of amides is 3. The molecule has 0 aliphatic carbocycles. The highest BCUT2D eigenvalue weighted by Gasteiger charge is 2.22. The number of aryl methyl sites for hydroxylation is 1. The lowest BCUT2D eigenvalue weighted by Crippen LogP contribution is -2.49. The monoisotopic (exact) mass is 443 g/mol. The number of hydrogen-bond donors (Lipinski definition) is 2. The van der Waals surface area contributed by atoms with Crippen LogP contribution in [0.1, 0.15) is 58.9 Å². The zero-order valence-electron chi connectivity index (χ0n) is 19.7. The Morgan fingerprint density at radius 2 is 1.72 bits per heavy atom. The van der Waals surface area contributed by atoms with Crippen molar-refractivity contribution in [1.29, 1.82) is 0 Å². The third kappa shape index (κ3) is 9.54. The lowest BCUT2D eigenvalue weighted by Gasteiger charge is -2.26. The fourth-order valence-corrected chi connectivity index (χ4v) is 3.46. The third-order valence-electron chi connectivity index (χ3n) is 5.18. The standard InChI is InChI=1S/C25H37N3O4/c1-19(26-24(31)32-25(2,3)4)23(30)27-21(14-13-20-11-7-5-8-12-20)15-16-22(29)28-17-9-6-10-18-28/h5,7-8,11-12,15-16,19,21H,6,9-10,13-14,17-18H2,1-4H3,(H,26,31)(H,27,30). The Morgan fingerprint density at radius 1 is 1.06 bits per heavy atom. The molecule has 0 radical (unpaired) electrons. The minimum absolute atomic E-state index is 0.0245. The summed E-state index contributed by atoms with van der Waals surface area (Å²) in [5, 5.41) is 5.51. The molecule has 1 heterocycles. The Balaban J connectivity index is 1.98. The van der Waals surface area contributed by atoms with E-state index in [1.165, 1.54) is 0 Å². The van der Waals surface area contributed by atoms with Crippen LogP contribution in [0.3, 0.4) is 0 Å². The SMILES string of the molecule is CC(NC(=O)OC(C)(C)C)C(=O)NC(C=CC(=O)N1CCCCC1)CCc1ccccc1. The first-order valence-electron chi connectivity index (χ1n) is 11.4. The van der Waals surface area contributed by atoms with E-state index in [2.05, 4.69) is 10.6 Å². The molecule has 0 bridgehead atoms. The zero-order valence-corrected chi connectivity index (χ0v) is 19.7. The van der Waals surface area contributed by atoms with Gasteiger partial charge >= 0.3 is 6.09 Å². The van der Waals surface area contributed by atoms with Crippen LogP contribution in [0.15, 0.2) is 42.5 Å². The fraction of sp³-hybridized carbons (Fsp3) is 0.560. The number of alkyl carbamates (subject to hydrolysis) is 1. The van der Waals surface area contributed by atoms with E-state index in [0.717, 1.165) is 44.3 Å². The van der Waals surface area contributed by atoms with E-state index in [1.807, 2.05) is 35.2 Å². The molecule has 0 saturated carbocycles. The average Bonchev–Trinajstić information content (AvgIpc) is 2.75. The van der Waals surface area contributed by atoms with Gasteiger partial charge in [-0.1, -0.05) is 36.4 Å². The van der Waals surface area contributed by atoms with E-state index in [4.69, 9.17) is 4.74 Å². The molecule has 2 rings (SSSR count). The second-order valence-corrected chi connectivity index (χ2v) is 9.25. The van der Waals surface area contributed by atoms with Crippen LogP contribution in [0.2, 0.25) is 0 Å². The number of carbonyl (C=O) groups excluding carboxylic acids is 3. The number of hydrogen-bond acceptors (Lipinski definition) is 4. The lowest BCUT2D eigenvalue weighted by molar-refractivity contribution is -0.127. The van der Waals surface area contributed by atoms with Crippen LogP contribution < -0.4 is 10.6 Å². The number of nitrogens with zero attached hydrogens (tertiary/aromatic N) is 1. The van der Waals surface area contributed by atoms with Gasteiger partial charge in [-0.25, -0.2) is 4.79 Å². The first-order valence-corrected chi connectivity index (χ1v) is 11.4. The van der Waals surface area contributed by atoms with Crippen molar-refractivity contribution >= 4 is 17.9 Å². The van der Waals surface area contributed by atoms with Gasteiger partial charge in [-0.15, -0.1) is 0 Å². The summed E-state index contributed by atoms with van der Waals surface area (Å²) < 4.78 is 5.22. The van der Waals surface area contributed by atoms with Crippen LogP contribution in [0.4, 0.5) is 4.79 Å². The van der Waals surface area contributed by atoms with Crippen molar-refractivity contribution in [3.8, 4) is 0 Å². The maximum Gasteiger partial charge on any atom is 0.408 e. The second-order valence-electron chi connectivity index (χ2n) is 9.25. The number of ether oxygens (including phenoxy) is 1. The molecule has 1 aromatic rings. The van der Waals surface area contributed by atoms with E-state index >= 15 is 0 Å². The minimum atomic E-state index is -0.768. The predicted molar refractivity (Wildman–Crippen MR) is 125 cm³/mol. The van der Waals surface area contributed by atoms with Crippen LogP contribution >= 0.6 is 0 Å². The number of nitrogens with one attached hydrogen (secondary N) is 2. The first kappa shape index (κ1) is 25.4. The van der Waals surface area contributed by atoms with E-state index in [1.54, 1.807) is 39.8 Å². The largest absolute Gasteiger partial charge is 0.444 e. The molecular weight excluding hydrogens is 406 g/mol. The van der Waals surface area contributed by atoms with Crippen molar-refractivity contribution in [2.45, 2.75) is 77.5 Å². The maximum atomic E-state index is 12.7.